The molecule has 3 aromatic carbocycles. The predicted molar refractivity (Wildman–Crippen MR) is 123 cm³/mol. The molecule has 0 aliphatic carbocycles. The lowest BCUT2D eigenvalue weighted by molar-refractivity contribution is 0.284. The van der Waals surface area contributed by atoms with Crippen molar-refractivity contribution in [3.05, 3.63) is 88.7 Å². The first-order chi connectivity index (χ1) is 15.1. The lowest BCUT2D eigenvalue weighted by atomic mass is 10.1. The van der Waals surface area contributed by atoms with E-state index in [0.29, 0.717) is 29.5 Å². The summed E-state index contributed by atoms with van der Waals surface area (Å²) in [7, 11) is 1.61. The van der Waals surface area contributed by atoms with Crippen LogP contribution in [0.5, 0.6) is 11.5 Å². The molecule has 0 saturated heterocycles. The number of hydrogen-bond acceptors (Lipinski definition) is 4. The van der Waals surface area contributed by atoms with E-state index in [1.807, 2.05) is 55.5 Å². The Morgan fingerprint density at radius 3 is 2.65 bits per heavy atom. The van der Waals surface area contributed by atoms with Gasteiger partial charge in [0.15, 0.2) is 11.5 Å². The van der Waals surface area contributed by atoms with E-state index in [9.17, 15) is 5.26 Å². The van der Waals surface area contributed by atoms with Gasteiger partial charge in [-0.15, -0.1) is 0 Å². The van der Waals surface area contributed by atoms with Crippen LogP contribution in [0.25, 0.3) is 22.7 Å². The summed E-state index contributed by atoms with van der Waals surface area (Å²) in [5.41, 5.74) is 6.44. The molecule has 0 aliphatic heterocycles. The average Bonchev–Trinajstić information content (AvgIpc) is 3.19. The van der Waals surface area contributed by atoms with Crippen molar-refractivity contribution >= 4 is 22.7 Å². The van der Waals surface area contributed by atoms with Gasteiger partial charge in [0.25, 0.3) is 0 Å². The van der Waals surface area contributed by atoms with E-state index in [2.05, 4.69) is 35.1 Å². The number of benzene rings is 3. The Bertz CT molecular complexity index is 1310. The molecular formula is C26H23N3O2. The molecule has 4 aromatic rings. The fraction of sp³-hybridized carbons (Fsp3) is 0.154. The fourth-order valence-electron chi connectivity index (χ4n) is 3.43. The zero-order valence-electron chi connectivity index (χ0n) is 17.8. The highest BCUT2D eigenvalue weighted by atomic mass is 16.5. The van der Waals surface area contributed by atoms with E-state index in [4.69, 9.17) is 9.47 Å². The maximum absolute atomic E-state index is 9.70. The van der Waals surface area contributed by atoms with Gasteiger partial charge in [-0.2, -0.15) is 5.26 Å². The molecule has 5 nitrogen and oxygen atoms in total. The summed E-state index contributed by atoms with van der Waals surface area (Å²) in [4.78, 5) is 7.78. The molecule has 4 rings (SSSR count). The van der Waals surface area contributed by atoms with Gasteiger partial charge in [0.2, 0.25) is 0 Å². The highest BCUT2D eigenvalue weighted by molar-refractivity contribution is 5.90. The van der Waals surface area contributed by atoms with Gasteiger partial charge in [0, 0.05) is 0 Å². The third-order valence-corrected chi connectivity index (χ3v) is 4.99. The molecule has 0 radical (unpaired) electrons. The van der Waals surface area contributed by atoms with Crippen LogP contribution in [0.3, 0.4) is 0 Å². The quantitative estimate of drug-likeness (QED) is 0.407. The molecule has 0 saturated carbocycles. The summed E-state index contributed by atoms with van der Waals surface area (Å²) >= 11 is 0. The van der Waals surface area contributed by atoms with Crippen molar-refractivity contribution in [1.82, 2.24) is 9.97 Å². The van der Waals surface area contributed by atoms with E-state index in [-0.39, 0.29) is 0 Å². The second kappa shape index (κ2) is 8.76. The molecule has 0 spiro atoms. The van der Waals surface area contributed by atoms with Crippen molar-refractivity contribution in [2.75, 3.05) is 7.11 Å². The van der Waals surface area contributed by atoms with Crippen molar-refractivity contribution in [2.45, 2.75) is 20.5 Å². The third-order valence-electron chi connectivity index (χ3n) is 4.99. The minimum Gasteiger partial charge on any atom is -0.493 e. The molecule has 0 fully saturated rings. The van der Waals surface area contributed by atoms with Gasteiger partial charge in [0.1, 0.15) is 18.5 Å². The van der Waals surface area contributed by atoms with Gasteiger partial charge < -0.3 is 14.5 Å². The number of allylic oxidation sites excluding steroid dienone is 1. The fourth-order valence-corrected chi connectivity index (χ4v) is 3.43. The number of fused-ring (bicyclic) bond motifs is 1. The first kappa shape index (κ1) is 20.2. The number of nitriles is 1. The maximum Gasteiger partial charge on any atom is 0.161 e. The van der Waals surface area contributed by atoms with Crippen LogP contribution in [0.2, 0.25) is 0 Å². The molecular weight excluding hydrogens is 386 g/mol. The monoisotopic (exact) mass is 409 g/mol. The number of nitrogens with zero attached hydrogens (tertiary/aromatic N) is 2. The molecule has 31 heavy (non-hydrogen) atoms. The summed E-state index contributed by atoms with van der Waals surface area (Å²) < 4.78 is 11.5. The Kier molecular flexibility index (Phi) is 5.72. The lowest BCUT2D eigenvalue weighted by Crippen LogP contribution is -1.98. The third kappa shape index (κ3) is 4.59. The summed E-state index contributed by atoms with van der Waals surface area (Å²) in [5.74, 6) is 1.81. The second-order valence-corrected chi connectivity index (χ2v) is 7.46. The Labute approximate surface area is 181 Å². The van der Waals surface area contributed by atoms with Crippen LogP contribution < -0.4 is 9.47 Å². The SMILES string of the molecule is COc1cc(C=C(C#N)c2nc3ccc(C)cc3[nH]2)ccc1OCc1cccc(C)c1. The van der Waals surface area contributed by atoms with Gasteiger partial charge in [-0.3, -0.25) is 0 Å². The summed E-state index contributed by atoms with van der Waals surface area (Å²) in [5, 5.41) is 9.70. The van der Waals surface area contributed by atoms with Gasteiger partial charge >= 0.3 is 0 Å². The summed E-state index contributed by atoms with van der Waals surface area (Å²) in [6.45, 7) is 4.53. The molecule has 1 aromatic heterocycles. The number of nitrogens with one attached hydrogen (secondary N) is 1. The van der Waals surface area contributed by atoms with Gasteiger partial charge in [-0.1, -0.05) is 42.0 Å². The molecule has 0 bridgehead atoms. The highest BCUT2D eigenvalue weighted by Gasteiger charge is 2.10. The maximum atomic E-state index is 9.70. The van der Waals surface area contributed by atoms with E-state index in [1.165, 1.54) is 5.56 Å². The van der Waals surface area contributed by atoms with E-state index in [0.717, 1.165) is 27.7 Å². The van der Waals surface area contributed by atoms with Crippen molar-refractivity contribution in [1.29, 1.82) is 5.26 Å². The lowest BCUT2D eigenvalue weighted by Gasteiger charge is -2.12. The van der Waals surface area contributed by atoms with Crippen molar-refractivity contribution in [3.63, 3.8) is 0 Å². The number of H-pyrrole nitrogens is 1. The zero-order valence-corrected chi connectivity index (χ0v) is 17.8. The molecule has 0 amide bonds. The minimum absolute atomic E-state index is 0.448. The van der Waals surface area contributed by atoms with Crippen LogP contribution in [0.15, 0.2) is 60.7 Å². The molecule has 1 N–H and O–H groups in total. The number of aromatic amines is 1. The van der Waals surface area contributed by atoms with Crippen LogP contribution in [0, 0.1) is 25.2 Å². The van der Waals surface area contributed by atoms with Crippen LogP contribution >= 0.6 is 0 Å². The van der Waals surface area contributed by atoms with Crippen LogP contribution in [0.4, 0.5) is 0 Å². The Balaban J connectivity index is 1.59. The molecule has 1 heterocycles. The number of rotatable bonds is 6. The standard InChI is InChI=1S/C26H23N3O2/c1-17-5-4-6-20(11-17)16-31-24-10-8-19(14-25(24)30-3)13-21(15-27)26-28-22-9-7-18(2)12-23(22)29-26/h4-14H,16H2,1-3H3,(H,28,29). The number of hydrogen-bond donors (Lipinski definition) is 1. The van der Waals surface area contributed by atoms with E-state index >= 15 is 0 Å². The first-order valence-corrected chi connectivity index (χ1v) is 10.0. The van der Waals surface area contributed by atoms with Crippen LogP contribution in [-0.2, 0) is 6.61 Å². The van der Waals surface area contributed by atoms with Gasteiger partial charge in [-0.25, -0.2) is 4.98 Å². The number of ether oxygens (including phenoxy) is 2. The van der Waals surface area contributed by atoms with E-state index < -0.39 is 0 Å². The molecule has 154 valence electrons. The normalized spacial score (nSPS) is 11.4. The highest BCUT2D eigenvalue weighted by Crippen LogP contribution is 2.30. The smallest absolute Gasteiger partial charge is 0.161 e. The number of imidazole rings is 1. The van der Waals surface area contributed by atoms with Crippen molar-refractivity contribution in [3.8, 4) is 17.6 Å². The van der Waals surface area contributed by atoms with E-state index in [1.54, 1.807) is 13.2 Å². The number of aryl methyl sites for hydroxylation is 2. The predicted octanol–water partition coefficient (Wildman–Crippen LogP) is 5.83. The Hall–Kier alpha value is -4.04. The minimum atomic E-state index is 0.448. The number of methoxy groups -OCH3 is 1. The Morgan fingerprint density at radius 2 is 1.87 bits per heavy atom. The second-order valence-electron chi connectivity index (χ2n) is 7.46. The number of aromatic nitrogens is 2. The van der Waals surface area contributed by atoms with Crippen LogP contribution in [-0.4, -0.2) is 17.1 Å². The van der Waals surface area contributed by atoms with Crippen molar-refractivity contribution < 1.29 is 9.47 Å². The average molecular weight is 409 g/mol. The largest absolute Gasteiger partial charge is 0.493 e. The molecule has 0 unspecified atom stereocenters. The Morgan fingerprint density at radius 1 is 1.03 bits per heavy atom. The van der Waals surface area contributed by atoms with Crippen molar-refractivity contribution in [2.24, 2.45) is 0 Å². The molecule has 0 aliphatic rings. The summed E-state index contributed by atoms with van der Waals surface area (Å²) in [6.07, 6.45) is 1.79. The topological polar surface area (TPSA) is 70.9 Å². The van der Waals surface area contributed by atoms with Crippen LogP contribution in [0.1, 0.15) is 28.1 Å². The molecule has 0 atom stereocenters. The first-order valence-electron chi connectivity index (χ1n) is 10.0. The summed E-state index contributed by atoms with van der Waals surface area (Å²) in [6, 6.07) is 22.0. The zero-order chi connectivity index (χ0) is 21.8. The van der Waals surface area contributed by atoms with Gasteiger partial charge in [0.05, 0.1) is 23.7 Å². The van der Waals surface area contributed by atoms with Gasteiger partial charge in [-0.05, 0) is 60.9 Å². The molecule has 5 heteroatoms.